The highest BCUT2D eigenvalue weighted by Gasteiger charge is 2.32. The van der Waals surface area contributed by atoms with E-state index in [-0.39, 0.29) is 30.2 Å². The van der Waals surface area contributed by atoms with Crippen LogP contribution in [0, 0.1) is 10.1 Å². The third kappa shape index (κ3) is 4.49. The zero-order valence-electron chi connectivity index (χ0n) is 17.8. The summed E-state index contributed by atoms with van der Waals surface area (Å²) in [5.41, 5.74) is 1.93. The molecule has 8 nitrogen and oxygen atoms in total. The van der Waals surface area contributed by atoms with Crippen LogP contribution in [0.15, 0.2) is 42.5 Å². The molecule has 2 heterocycles. The van der Waals surface area contributed by atoms with Gasteiger partial charge in [-0.05, 0) is 50.1 Å². The fourth-order valence-corrected chi connectivity index (χ4v) is 4.27. The Morgan fingerprint density at radius 1 is 1.23 bits per heavy atom. The Bertz CT molecular complexity index is 979. The molecule has 0 radical (unpaired) electrons. The molecule has 2 aliphatic heterocycles. The van der Waals surface area contributed by atoms with Crippen molar-refractivity contribution in [2.24, 2.45) is 0 Å². The zero-order valence-corrected chi connectivity index (χ0v) is 17.8. The van der Waals surface area contributed by atoms with Gasteiger partial charge in [0.1, 0.15) is 13.2 Å². The number of ether oxygens (including phenoxy) is 2. The van der Waals surface area contributed by atoms with E-state index in [2.05, 4.69) is 0 Å². The highest BCUT2D eigenvalue weighted by Crippen LogP contribution is 2.38. The molecule has 1 saturated heterocycles. The summed E-state index contributed by atoms with van der Waals surface area (Å²) in [6.07, 6.45) is 1.87. The van der Waals surface area contributed by atoms with Crippen LogP contribution in [-0.2, 0) is 4.79 Å². The molecular weight excluding hydrogens is 398 g/mol. The van der Waals surface area contributed by atoms with E-state index in [1.165, 1.54) is 6.07 Å². The van der Waals surface area contributed by atoms with Gasteiger partial charge in [-0.25, -0.2) is 0 Å². The minimum absolute atomic E-state index is 0.0184. The van der Waals surface area contributed by atoms with Gasteiger partial charge in [-0.2, -0.15) is 0 Å². The largest absolute Gasteiger partial charge is 0.486 e. The van der Waals surface area contributed by atoms with E-state index in [0.717, 1.165) is 42.0 Å². The average molecular weight is 425 g/mol. The molecule has 1 fully saturated rings. The van der Waals surface area contributed by atoms with Gasteiger partial charge in [0.05, 0.1) is 17.5 Å². The Morgan fingerprint density at radius 3 is 2.77 bits per heavy atom. The molecule has 164 valence electrons. The lowest BCUT2D eigenvalue weighted by Gasteiger charge is -2.30. The summed E-state index contributed by atoms with van der Waals surface area (Å²) in [6.45, 7) is 4.00. The molecule has 0 saturated carbocycles. The van der Waals surface area contributed by atoms with E-state index in [4.69, 9.17) is 9.47 Å². The van der Waals surface area contributed by atoms with Crippen molar-refractivity contribution in [1.82, 2.24) is 9.80 Å². The molecule has 0 bridgehead atoms. The highest BCUT2D eigenvalue weighted by atomic mass is 16.6. The molecule has 1 amide bonds. The maximum Gasteiger partial charge on any atom is 0.269 e. The Morgan fingerprint density at radius 2 is 2.00 bits per heavy atom. The van der Waals surface area contributed by atoms with Gasteiger partial charge < -0.3 is 14.4 Å². The Kier molecular flexibility index (Phi) is 6.08. The third-order valence-corrected chi connectivity index (χ3v) is 6.13. The molecule has 4 rings (SSSR count). The summed E-state index contributed by atoms with van der Waals surface area (Å²) in [5.74, 6) is 1.54. The number of hydrogen-bond acceptors (Lipinski definition) is 6. The number of rotatable bonds is 6. The molecule has 0 aliphatic carbocycles. The molecule has 2 aliphatic rings. The molecule has 0 N–H and O–H groups in total. The van der Waals surface area contributed by atoms with Gasteiger partial charge in [0.25, 0.3) is 5.69 Å². The van der Waals surface area contributed by atoms with Crippen LogP contribution in [-0.4, -0.2) is 54.0 Å². The first-order chi connectivity index (χ1) is 14.9. The lowest BCUT2D eigenvalue weighted by Crippen LogP contribution is -2.39. The first-order valence-electron chi connectivity index (χ1n) is 10.6. The molecule has 0 spiro atoms. The summed E-state index contributed by atoms with van der Waals surface area (Å²) in [4.78, 5) is 27.7. The maximum atomic E-state index is 13.2. The third-order valence-electron chi connectivity index (χ3n) is 6.13. The smallest absolute Gasteiger partial charge is 0.269 e. The lowest BCUT2D eigenvalue weighted by molar-refractivity contribution is -0.384. The van der Waals surface area contributed by atoms with Crippen molar-refractivity contribution in [3.8, 4) is 11.5 Å². The van der Waals surface area contributed by atoms with Gasteiger partial charge in [0.15, 0.2) is 11.5 Å². The molecular formula is C23H27N3O5. The summed E-state index contributed by atoms with van der Waals surface area (Å²) in [5, 5.41) is 11.1. The number of amides is 1. The van der Waals surface area contributed by atoms with Gasteiger partial charge in [0.2, 0.25) is 5.91 Å². The van der Waals surface area contributed by atoms with Gasteiger partial charge >= 0.3 is 0 Å². The molecule has 8 heteroatoms. The van der Waals surface area contributed by atoms with Gasteiger partial charge in [-0.1, -0.05) is 18.2 Å². The predicted molar refractivity (Wildman–Crippen MR) is 115 cm³/mol. The van der Waals surface area contributed by atoms with E-state index in [0.29, 0.717) is 13.2 Å². The monoisotopic (exact) mass is 425 g/mol. The standard InChI is InChI=1S/C23H27N3O5/c1-16(17-5-3-6-19(13-17)26(28)29)24(2)15-23(27)25-10-4-7-20(25)18-8-9-21-22(14-18)31-12-11-30-21/h3,5-6,8-9,13-14,16,20H,4,7,10-12,15H2,1-2H3. The lowest BCUT2D eigenvalue weighted by atomic mass is 10.0. The number of likely N-dealkylation sites (N-methyl/N-ethyl adjacent to an activating group) is 1. The van der Waals surface area contributed by atoms with Crippen molar-refractivity contribution in [1.29, 1.82) is 0 Å². The van der Waals surface area contributed by atoms with E-state index in [9.17, 15) is 14.9 Å². The molecule has 31 heavy (non-hydrogen) atoms. The SMILES string of the molecule is CC(c1cccc([N+](=O)[O-])c1)N(C)CC(=O)N1CCCC1c1ccc2c(c1)OCCO2. The van der Waals surface area contributed by atoms with Crippen molar-refractivity contribution < 1.29 is 19.2 Å². The van der Waals surface area contributed by atoms with Crippen LogP contribution in [0.2, 0.25) is 0 Å². The van der Waals surface area contributed by atoms with Gasteiger partial charge in [-0.15, -0.1) is 0 Å². The number of carbonyl (C=O) groups is 1. The molecule has 2 unspecified atom stereocenters. The second kappa shape index (κ2) is 8.93. The molecule has 2 aromatic rings. The number of non-ortho nitro benzene ring substituents is 1. The minimum atomic E-state index is -0.399. The number of likely N-dealkylation sites (tertiary alicyclic amines) is 1. The van der Waals surface area contributed by atoms with E-state index in [1.54, 1.807) is 12.1 Å². The van der Waals surface area contributed by atoms with Crippen LogP contribution < -0.4 is 9.47 Å². The van der Waals surface area contributed by atoms with Crippen LogP contribution in [0.3, 0.4) is 0 Å². The van der Waals surface area contributed by atoms with Gasteiger partial charge in [0, 0.05) is 24.7 Å². The highest BCUT2D eigenvalue weighted by molar-refractivity contribution is 5.79. The fourth-order valence-electron chi connectivity index (χ4n) is 4.27. The maximum absolute atomic E-state index is 13.2. The number of benzene rings is 2. The number of fused-ring (bicyclic) bond motifs is 1. The second-order valence-electron chi connectivity index (χ2n) is 8.09. The normalized spacial score (nSPS) is 18.8. The molecule has 0 aromatic heterocycles. The zero-order chi connectivity index (χ0) is 22.0. The first-order valence-corrected chi connectivity index (χ1v) is 10.6. The summed E-state index contributed by atoms with van der Waals surface area (Å²) in [6, 6.07) is 12.4. The minimum Gasteiger partial charge on any atom is -0.486 e. The second-order valence-corrected chi connectivity index (χ2v) is 8.09. The van der Waals surface area contributed by atoms with Crippen molar-refractivity contribution in [2.75, 3.05) is 33.4 Å². The molecule has 2 atom stereocenters. The van der Waals surface area contributed by atoms with Crippen LogP contribution >= 0.6 is 0 Å². The van der Waals surface area contributed by atoms with Crippen LogP contribution in [0.25, 0.3) is 0 Å². The quantitative estimate of drug-likeness (QED) is 0.518. The van der Waals surface area contributed by atoms with Crippen LogP contribution in [0.1, 0.15) is 43.0 Å². The topological polar surface area (TPSA) is 85.2 Å². The predicted octanol–water partition coefficient (Wildman–Crippen LogP) is 3.72. The van der Waals surface area contributed by atoms with E-state index >= 15 is 0 Å². The van der Waals surface area contributed by atoms with E-state index < -0.39 is 4.92 Å². The van der Waals surface area contributed by atoms with Crippen molar-refractivity contribution in [3.05, 3.63) is 63.7 Å². The average Bonchev–Trinajstić information content (AvgIpc) is 3.28. The summed E-state index contributed by atoms with van der Waals surface area (Å²) in [7, 11) is 1.87. The summed E-state index contributed by atoms with van der Waals surface area (Å²) < 4.78 is 11.3. The van der Waals surface area contributed by atoms with Crippen molar-refractivity contribution in [3.63, 3.8) is 0 Å². The fraction of sp³-hybridized carbons (Fsp3) is 0.435. The van der Waals surface area contributed by atoms with Crippen molar-refractivity contribution in [2.45, 2.75) is 31.8 Å². The van der Waals surface area contributed by atoms with Crippen molar-refractivity contribution >= 4 is 11.6 Å². The van der Waals surface area contributed by atoms with Gasteiger partial charge in [-0.3, -0.25) is 19.8 Å². The Balaban J connectivity index is 1.45. The number of nitrogens with zero attached hydrogens (tertiary/aromatic N) is 3. The Labute approximate surface area is 181 Å². The van der Waals surface area contributed by atoms with Crippen LogP contribution in [0.5, 0.6) is 11.5 Å². The number of nitro groups is 1. The number of hydrogen-bond donors (Lipinski definition) is 0. The first kappa shape index (κ1) is 21.1. The van der Waals surface area contributed by atoms with E-state index in [1.807, 2.05) is 48.0 Å². The molecule has 2 aromatic carbocycles. The van der Waals surface area contributed by atoms with Crippen LogP contribution in [0.4, 0.5) is 5.69 Å². The summed E-state index contributed by atoms with van der Waals surface area (Å²) >= 11 is 0. The number of nitro benzene ring substituents is 1. The number of carbonyl (C=O) groups excluding carboxylic acids is 1. The Hall–Kier alpha value is -3.13.